The van der Waals surface area contributed by atoms with E-state index in [9.17, 15) is 29.7 Å². The zero-order valence-electron chi connectivity index (χ0n) is 21.6. The Hall–Kier alpha value is -3.74. The highest BCUT2D eigenvalue weighted by Crippen LogP contribution is 2.30. The van der Waals surface area contributed by atoms with E-state index in [4.69, 9.17) is 14.2 Å². The van der Waals surface area contributed by atoms with Gasteiger partial charge in [0.15, 0.2) is 6.10 Å². The van der Waals surface area contributed by atoms with Crippen molar-refractivity contribution >= 4 is 35.4 Å². The van der Waals surface area contributed by atoms with Crippen molar-refractivity contribution in [3.8, 4) is 5.75 Å². The molecule has 12 heteroatoms. The maximum Gasteiger partial charge on any atom is 0.410 e. The molecule has 0 spiro atoms. The fourth-order valence-corrected chi connectivity index (χ4v) is 4.62. The lowest BCUT2D eigenvalue weighted by Gasteiger charge is -2.29. The Labute approximate surface area is 230 Å². The molecule has 0 fully saturated rings. The quantitative estimate of drug-likeness (QED) is 0.224. The molecule has 1 heterocycles. The van der Waals surface area contributed by atoms with E-state index in [2.05, 4.69) is 17.4 Å². The van der Waals surface area contributed by atoms with Crippen LogP contribution in [0.5, 0.6) is 5.75 Å². The number of aryl methyl sites for hydroxylation is 1. The lowest BCUT2D eigenvalue weighted by molar-refractivity contribution is -0.181. The molecule has 2 aromatic carbocycles. The van der Waals surface area contributed by atoms with Gasteiger partial charge in [-0.3, -0.25) is 9.69 Å². The number of ether oxygens (including phenoxy) is 3. The average Bonchev–Trinajstić information content (AvgIpc) is 2.90. The molecule has 1 aliphatic rings. The van der Waals surface area contributed by atoms with Crippen LogP contribution in [0.3, 0.4) is 0 Å². The van der Waals surface area contributed by atoms with Crippen LogP contribution in [0.4, 0.5) is 10.5 Å². The number of carboxylic acid groups (broad SMARTS) is 1. The number of thioether (sulfide) groups is 1. The number of aliphatic carboxylic acids is 1. The smallest absolute Gasteiger partial charge is 0.410 e. The molecule has 1 aliphatic heterocycles. The van der Waals surface area contributed by atoms with Crippen LogP contribution >= 0.6 is 11.8 Å². The summed E-state index contributed by atoms with van der Waals surface area (Å²) in [5, 5.41) is 31.5. The van der Waals surface area contributed by atoms with Crippen molar-refractivity contribution in [1.29, 1.82) is 0 Å². The van der Waals surface area contributed by atoms with Crippen molar-refractivity contribution in [1.82, 2.24) is 4.90 Å². The minimum absolute atomic E-state index is 0.0647. The van der Waals surface area contributed by atoms with Crippen LogP contribution < -0.4 is 10.1 Å². The van der Waals surface area contributed by atoms with Crippen LogP contribution in [-0.4, -0.2) is 74.9 Å². The number of hydrogen-bond donors (Lipinski definition) is 4. The highest BCUT2D eigenvalue weighted by molar-refractivity contribution is 7.99. The molecule has 0 aliphatic carbocycles. The van der Waals surface area contributed by atoms with Crippen molar-refractivity contribution in [2.24, 2.45) is 0 Å². The van der Waals surface area contributed by atoms with Crippen molar-refractivity contribution in [2.45, 2.75) is 45.4 Å². The molecule has 0 radical (unpaired) electrons. The molecular weight excluding hydrogens is 528 g/mol. The summed E-state index contributed by atoms with van der Waals surface area (Å²) in [6.45, 7) is 3.58. The molecule has 11 nitrogen and oxygen atoms in total. The zero-order chi connectivity index (χ0) is 28.4. The summed E-state index contributed by atoms with van der Waals surface area (Å²) in [5.41, 5.74) is 2.02. The standard InChI is InChI=1S/C27H32N2O9S/c1-3-29(16-39-12-11-18-7-5-4-6-8-18)27(35)36-15-19-9-10-22(20(13-19)28-17(2)30)37-23-14-21(31)24(32)25(38-23)26(33)34/h4-10,13-14,23-25,31-32H,3,11-12,15-16H2,1-2H3,(H,28,30)(H,33,34). The summed E-state index contributed by atoms with van der Waals surface area (Å²) in [5.74, 6) is -1.04. The van der Waals surface area contributed by atoms with E-state index in [0.717, 1.165) is 18.2 Å². The average molecular weight is 561 g/mol. The number of amides is 2. The summed E-state index contributed by atoms with van der Waals surface area (Å²) < 4.78 is 16.3. The number of rotatable bonds is 12. The van der Waals surface area contributed by atoms with Crippen LogP contribution in [0.25, 0.3) is 0 Å². The van der Waals surface area contributed by atoms with Gasteiger partial charge in [0, 0.05) is 19.5 Å². The molecule has 0 saturated carbocycles. The van der Waals surface area contributed by atoms with E-state index >= 15 is 0 Å². The molecular formula is C27H32N2O9S. The van der Waals surface area contributed by atoms with Gasteiger partial charge in [-0.1, -0.05) is 36.4 Å². The SMILES string of the molecule is CCN(CSCCc1ccccc1)C(=O)OCc1ccc(OC2C=C(O)C(O)C(C(=O)O)O2)c(NC(C)=O)c1. The van der Waals surface area contributed by atoms with Crippen molar-refractivity contribution < 1.29 is 43.9 Å². The summed E-state index contributed by atoms with van der Waals surface area (Å²) >= 11 is 1.63. The zero-order valence-corrected chi connectivity index (χ0v) is 22.4. The third kappa shape index (κ3) is 8.91. The number of anilines is 1. The second-order valence-corrected chi connectivity index (χ2v) is 9.69. The van der Waals surface area contributed by atoms with Crippen molar-refractivity contribution in [3.05, 3.63) is 71.5 Å². The van der Waals surface area contributed by atoms with Gasteiger partial charge in [-0.25, -0.2) is 9.59 Å². The van der Waals surface area contributed by atoms with E-state index in [0.29, 0.717) is 18.0 Å². The first-order valence-corrected chi connectivity index (χ1v) is 13.4. The van der Waals surface area contributed by atoms with Crippen LogP contribution in [0.1, 0.15) is 25.0 Å². The first-order chi connectivity index (χ1) is 18.7. The monoisotopic (exact) mass is 560 g/mol. The minimum Gasteiger partial charge on any atom is -0.510 e. The Morgan fingerprint density at radius 3 is 2.54 bits per heavy atom. The molecule has 3 rings (SSSR count). The van der Waals surface area contributed by atoms with Gasteiger partial charge in [-0.15, -0.1) is 11.8 Å². The highest BCUT2D eigenvalue weighted by Gasteiger charge is 2.38. The number of hydrogen-bond acceptors (Lipinski definition) is 9. The van der Waals surface area contributed by atoms with E-state index in [1.165, 1.54) is 18.6 Å². The van der Waals surface area contributed by atoms with Gasteiger partial charge in [-0.05, 0) is 42.4 Å². The van der Waals surface area contributed by atoms with Gasteiger partial charge < -0.3 is 34.8 Å². The van der Waals surface area contributed by atoms with Gasteiger partial charge in [0.25, 0.3) is 0 Å². The molecule has 3 atom stereocenters. The molecule has 2 aromatic rings. The van der Waals surface area contributed by atoms with Gasteiger partial charge in [0.2, 0.25) is 12.2 Å². The number of aliphatic hydroxyl groups is 2. The molecule has 0 saturated heterocycles. The number of aliphatic hydroxyl groups excluding tert-OH is 2. The second kappa shape index (κ2) is 14.4. The maximum atomic E-state index is 12.6. The van der Waals surface area contributed by atoms with Crippen LogP contribution in [0.2, 0.25) is 0 Å². The number of nitrogens with zero attached hydrogens (tertiary/aromatic N) is 1. The van der Waals surface area contributed by atoms with E-state index in [1.807, 2.05) is 25.1 Å². The number of carbonyl (C=O) groups is 3. The number of carbonyl (C=O) groups excluding carboxylic acids is 2. The minimum atomic E-state index is -1.74. The van der Waals surface area contributed by atoms with Gasteiger partial charge >= 0.3 is 12.1 Å². The van der Waals surface area contributed by atoms with Gasteiger partial charge in [0.1, 0.15) is 24.2 Å². The Morgan fingerprint density at radius 2 is 1.87 bits per heavy atom. The first-order valence-electron chi connectivity index (χ1n) is 12.3. The van der Waals surface area contributed by atoms with Gasteiger partial charge in [0.05, 0.1) is 11.6 Å². The van der Waals surface area contributed by atoms with Crippen LogP contribution in [-0.2, 0) is 32.1 Å². The largest absolute Gasteiger partial charge is 0.510 e. The topological polar surface area (TPSA) is 155 Å². The highest BCUT2D eigenvalue weighted by atomic mass is 32.2. The Morgan fingerprint density at radius 1 is 1.13 bits per heavy atom. The third-order valence-electron chi connectivity index (χ3n) is 5.65. The summed E-state index contributed by atoms with van der Waals surface area (Å²) in [6.07, 6.45) is -3.37. The van der Waals surface area contributed by atoms with Gasteiger partial charge in [-0.2, -0.15) is 0 Å². The number of benzene rings is 2. The fourth-order valence-electron chi connectivity index (χ4n) is 3.61. The Bertz CT molecular complexity index is 1180. The second-order valence-electron chi connectivity index (χ2n) is 8.61. The molecule has 210 valence electrons. The van der Waals surface area contributed by atoms with E-state index < -0.39 is 42.2 Å². The van der Waals surface area contributed by atoms with Crippen LogP contribution in [0.15, 0.2) is 60.4 Å². The van der Waals surface area contributed by atoms with E-state index in [1.54, 1.807) is 28.8 Å². The summed E-state index contributed by atoms with van der Waals surface area (Å²) in [4.78, 5) is 37.3. The Balaban J connectivity index is 1.59. The Kier molecular flexibility index (Phi) is 11.0. The fraction of sp³-hybridized carbons (Fsp3) is 0.370. The van der Waals surface area contributed by atoms with E-state index in [-0.39, 0.29) is 18.0 Å². The lowest BCUT2D eigenvalue weighted by atomic mass is 10.1. The van der Waals surface area contributed by atoms with Crippen LogP contribution in [0, 0.1) is 0 Å². The molecule has 3 unspecified atom stereocenters. The summed E-state index contributed by atoms with van der Waals surface area (Å²) in [7, 11) is 0. The number of nitrogens with one attached hydrogen (secondary N) is 1. The van der Waals surface area contributed by atoms with Crippen molar-refractivity contribution in [3.63, 3.8) is 0 Å². The molecule has 39 heavy (non-hydrogen) atoms. The molecule has 2 amide bonds. The molecule has 4 N–H and O–H groups in total. The normalized spacial score (nSPS) is 18.5. The maximum absolute atomic E-state index is 12.6. The predicted molar refractivity (Wildman–Crippen MR) is 144 cm³/mol. The number of carboxylic acids is 1. The lowest BCUT2D eigenvalue weighted by Crippen LogP contribution is -2.45. The van der Waals surface area contributed by atoms with Crippen molar-refractivity contribution in [2.75, 3.05) is 23.5 Å². The predicted octanol–water partition coefficient (Wildman–Crippen LogP) is 3.53. The summed E-state index contributed by atoms with van der Waals surface area (Å²) in [6, 6.07) is 14.7. The molecule has 0 bridgehead atoms. The molecule has 0 aromatic heterocycles. The third-order valence-corrected chi connectivity index (χ3v) is 6.63. The first kappa shape index (κ1) is 29.8.